The third kappa shape index (κ3) is 2.53. The molecule has 0 bridgehead atoms. The smallest absolute Gasteiger partial charge is 0.307 e. The Hall–Kier alpha value is -2.13. The summed E-state index contributed by atoms with van der Waals surface area (Å²) in [5.41, 5.74) is 1.39. The van der Waals surface area contributed by atoms with Crippen LogP contribution in [0.3, 0.4) is 0 Å². The van der Waals surface area contributed by atoms with Crippen molar-refractivity contribution in [2.75, 3.05) is 20.6 Å². The van der Waals surface area contributed by atoms with Crippen LogP contribution in [-0.2, 0) is 15.1 Å². The van der Waals surface area contributed by atoms with Crippen LogP contribution >= 0.6 is 0 Å². The standard InChI is InChI=1S/C19H21NO2/c1-20(2)14-17-13-18(21)22-19(17,15-9-5-3-6-10-15)16-11-7-4-8-12-16/h3-12,17H,13-14H2,1-2H3. The van der Waals surface area contributed by atoms with Crippen LogP contribution in [0.1, 0.15) is 17.5 Å². The van der Waals surface area contributed by atoms with E-state index in [1.807, 2.05) is 74.8 Å². The van der Waals surface area contributed by atoms with Crippen molar-refractivity contribution in [3.63, 3.8) is 0 Å². The molecule has 0 amide bonds. The SMILES string of the molecule is CN(C)CC1CC(=O)OC1(c1ccccc1)c1ccccc1. The summed E-state index contributed by atoms with van der Waals surface area (Å²) in [7, 11) is 4.06. The number of nitrogens with zero attached hydrogens (tertiary/aromatic N) is 1. The van der Waals surface area contributed by atoms with Gasteiger partial charge in [0.15, 0.2) is 5.60 Å². The minimum Gasteiger partial charge on any atom is -0.449 e. The van der Waals surface area contributed by atoms with Crippen molar-refractivity contribution in [1.29, 1.82) is 0 Å². The molecule has 1 fully saturated rings. The number of ether oxygens (including phenoxy) is 1. The van der Waals surface area contributed by atoms with Crippen LogP contribution < -0.4 is 0 Å². The van der Waals surface area contributed by atoms with Gasteiger partial charge in [0.2, 0.25) is 0 Å². The largest absolute Gasteiger partial charge is 0.449 e. The van der Waals surface area contributed by atoms with E-state index in [0.29, 0.717) is 6.42 Å². The predicted octanol–water partition coefficient (Wildman–Crippen LogP) is 3.05. The molecular weight excluding hydrogens is 274 g/mol. The van der Waals surface area contributed by atoms with Crippen LogP contribution in [0.25, 0.3) is 0 Å². The van der Waals surface area contributed by atoms with Gasteiger partial charge in [-0.1, -0.05) is 60.7 Å². The minimum atomic E-state index is -0.691. The molecule has 22 heavy (non-hydrogen) atoms. The van der Waals surface area contributed by atoms with Crippen molar-refractivity contribution in [3.05, 3.63) is 71.8 Å². The molecule has 1 aliphatic rings. The van der Waals surface area contributed by atoms with Gasteiger partial charge in [0, 0.05) is 23.6 Å². The number of rotatable bonds is 4. The molecule has 3 nitrogen and oxygen atoms in total. The maximum Gasteiger partial charge on any atom is 0.307 e. The van der Waals surface area contributed by atoms with Gasteiger partial charge in [0.05, 0.1) is 6.42 Å². The highest BCUT2D eigenvalue weighted by Crippen LogP contribution is 2.47. The van der Waals surface area contributed by atoms with Gasteiger partial charge in [0.1, 0.15) is 0 Å². The number of carbonyl (C=O) groups excluding carboxylic acids is 1. The molecule has 2 aromatic rings. The zero-order chi connectivity index (χ0) is 15.6. The molecule has 0 aliphatic carbocycles. The van der Waals surface area contributed by atoms with E-state index in [1.54, 1.807) is 0 Å². The van der Waals surface area contributed by atoms with E-state index in [-0.39, 0.29) is 11.9 Å². The molecule has 0 spiro atoms. The molecule has 1 unspecified atom stereocenters. The van der Waals surface area contributed by atoms with Gasteiger partial charge in [-0.15, -0.1) is 0 Å². The quantitative estimate of drug-likeness (QED) is 0.812. The number of hydrogen-bond donors (Lipinski definition) is 0. The van der Waals surface area contributed by atoms with E-state index < -0.39 is 5.60 Å². The Bertz CT molecular complexity index is 597. The minimum absolute atomic E-state index is 0.0970. The Labute approximate surface area is 131 Å². The summed E-state index contributed by atoms with van der Waals surface area (Å²) in [5.74, 6) is -0.0284. The van der Waals surface area contributed by atoms with Gasteiger partial charge in [0.25, 0.3) is 0 Å². The Kier molecular flexibility index (Phi) is 3.99. The second-order valence-electron chi connectivity index (χ2n) is 6.11. The molecule has 1 aliphatic heterocycles. The van der Waals surface area contributed by atoms with E-state index in [9.17, 15) is 4.79 Å². The van der Waals surface area contributed by atoms with Crippen molar-refractivity contribution in [2.45, 2.75) is 12.0 Å². The van der Waals surface area contributed by atoms with E-state index in [2.05, 4.69) is 4.90 Å². The molecule has 1 atom stereocenters. The van der Waals surface area contributed by atoms with Gasteiger partial charge >= 0.3 is 5.97 Å². The number of cyclic esters (lactones) is 1. The van der Waals surface area contributed by atoms with E-state index in [0.717, 1.165) is 17.7 Å². The second kappa shape index (κ2) is 5.93. The van der Waals surface area contributed by atoms with Gasteiger partial charge in [-0.3, -0.25) is 4.79 Å². The van der Waals surface area contributed by atoms with Gasteiger partial charge < -0.3 is 9.64 Å². The molecule has 0 radical (unpaired) electrons. The third-order valence-corrected chi connectivity index (χ3v) is 4.25. The topological polar surface area (TPSA) is 29.5 Å². The third-order valence-electron chi connectivity index (χ3n) is 4.25. The van der Waals surface area contributed by atoms with Crippen LogP contribution in [0.4, 0.5) is 0 Å². The lowest BCUT2D eigenvalue weighted by atomic mass is 9.76. The first-order valence-electron chi connectivity index (χ1n) is 7.60. The van der Waals surface area contributed by atoms with Crippen LogP contribution in [0.2, 0.25) is 0 Å². The van der Waals surface area contributed by atoms with E-state index >= 15 is 0 Å². The summed E-state index contributed by atoms with van der Waals surface area (Å²) in [6.07, 6.45) is 0.446. The number of benzene rings is 2. The second-order valence-corrected chi connectivity index (χ2v) is 6.11. The molecule has 3 heteroatoms. The summed E-state index contributed by atoms with van der Waals surface area (Å²) < 4.78 is 5.97. The summed E-state index contributed by atoms with van der Waals surface area (Å²) >= 11 is 0. The maximum atomic E-state index is 12.2. The fourth-order valence-corrected chi connectivity index (χ4v) is 3.41. The molecule has 0 saturated carbocycles. The molecule has 1 saturated heterocycles. The zero-order valence-electron chi connectivity index (χ0n) is 13.0. The van der Waals surface area contributed by atoms with Gasteiger partial charge in [-0.25, -0.2) is 0 Å². The monoisotopic (exact) mass is 295 g/mol. The molecule has 3 rings (SSSR count). The highest BCUT2D eigenvalue weighted by atomic mass is 16.6. The first-order valence-corrected chi connectivity index (χ1v) is 7.60. The Morgan fingerprint density at radius 1 is 1.00 bits per heavy atom. The van der Waals surface area contributed by atoms with Crippen LogP contribution in [0.5, 0.6) is 0 Å². The summed E-state index contributed by atoms with van der Waals surface area (Å²) in [5, 5.41) is 0. The highest BCUT2D eigenvalue weighted by molar-refractivity contribution is 5.74. The van der Waals surface area contributed by atoms with Crippen LogP contribution in [0, 0.1) is 5.92 Å². The number of carbonyl (C=O) groups is 1. The number of esters is 1. The normalized spacial score (nSPS) is 20.1. The van der Waals surface area contributed by atoms with E-state index in [1.165, 1.54) is 0 Å². The first kappa shape index (κ1) is 14.8. The fraction of sp³-hybridized carbons (Fsp3) is 0.316. The van der Waals surface area contributed by atoms with Gasteiger partial charge in [-0.2, -0.15) is 0 Å². The van der Waals surface area contributed by atoms with Crippen LogP contribution in [-0.4, -0.2) is 31.5 Å². The molecule has 1 heterocycles. The lowest BCUT2D eigenvalue weighted by molar-refractivity contribution is -0.147. The summed E-state index contributed by atoms with van der Waals surface area (Å²) in [4.78, 5) is 14.3. The van der Waals surface area contributed by atoms with E-state index in [4.69, 9.17) is 4.74 Å². The van der Waals surface area contributed by atoms with Crippen LogP contribution in [0.15, 0.2) is 60.7 Å². The van der Waals surface area contributed by atoms with Crippen molar-refractivity contribution in [1.82, 2.24) is 4.90 Å². The highest BCUT2D eigenvalue weighted by Gasteiger charge is 2.51. The lowest BCUT2D eigenvalue weighted by Crippen LogP contribution is -2.39. The van der Waals surface area contributed by atoms with Crippen molar-refractivity contribution in [3.8, 4) is 0 Å². The molecule has 114 valence electrons. The summed E-state index contributed by atoms with van der Waals surface area (Å²) in [6, 6.07) is 20.2. The molecule has 0 aromatic heterocycles. The molecular formula is C19H21NO2. The average Bonchev–Trinajstić information content (AvgIpc) is 2.85. The maximum absolute atomic E-state index is 12.2. The Morgan fingerprint density at radius 2 is 1.50 bits per heavy atom. The van der Waals surface area contributed by atoms with Gasteiger partial charge in [-0.05, 0) is 14.1 Å². The van der Waals surface area contributed by atoms with Crippen molar-refractivity contribution < 1.29 is 9.53 Å². The Morgan fingerprint density at radius 3 is 1.95 bits per heavy atom. The first-order chi connectivity index (χ1) is 10.6. The predicted molar refractivity (Wildman–Crippen MR) is 86.4 cm³/mol. The Balaban J connectivity index is 2.16. The number of hydrogen-bond acceptors (Lipinski definition) is 3. The summed E-state index contributed by atoms with van der Waals surface area (Å²) in [6.45, 7) is 0.801. The molecule has 0 N–H and O–H groups in total. The lowest BCUT2D eigenvalue weighted by Gasteiger charge is -2.35. The zero-order valence-corrected chi connectivity index (χ0v) is 13.0. The average molecular weight is 295 g/mol. The fourth-order valence-electron chi connectivity index (χ4n) is 3.41. The molecule has 2 aromatic carbocycles. The van der Waals surface area contributed by atoms with Crippen molar-refractivity contribution >= 4 is 5.97 Å². The van der Waals surface area contributed by atoms with Crippen molar-refractivity contribution in [2.24, 2.45) is 5.92 Å².